The van der Waals surface area contributed by atoms with Crippen LogP contribution in [0.4, 0.5) is 0 Å². The van der Waals surface area contributed by atoms with Crippen LogP contribution < -0.4 is 10.6 Å². The Morgan fingerprint density at radius 2 is 2.17 bits per heavy atom. The van der Waals surface area contributed by atoms with Gasteiger partial charge in [-0.15, -0.1) is 12.4 Å². The number of para-hydroxylation sites is 1. The van der Waals surface area contributed by atoms with Gasteiger partial charge < -0.3 is 10.6 Å². The lowest BCUT2D eigenvalue weighted by molar-refractivity contribution is -0.123. The zero-order valence-electron chi connectivity index (χ0n) is 13.8. The Bertz CT molecular complexity index is 645. The molecule has 0 aliphatic carbocycles. The van der Waals surface area contributed by atoms with Crippen molar-refractivity contribution in [2.45, 2.75) is 19.5 Å². The third-order valence-corrected chi connectivity index (χ3v) is 4.13. The fraction of sp³-hybridized carbons (Fsp3) is 0.412. The van der Waals surface area contributed by atoms with E-state index in [0.29, 0.717) is 19.1 Å². The normalized spacial score (nSPS) is 18.0. The summed E-state index contributed by atoms with van der Waals surface area (Å²) in [4.78, 5) is 14.3. The second-order valence-corrected chi connectivity index (χ2v) is 5.93. The summed E-state index contributed by atoms with van der Waals surface area (Å²) in [5.74, 6) is 0.0613. The quantitative estimate of drug-likeness (QED) is 0.851. The van der Waals surface area contributed by atoms with Gasteiger partial charge in [0.15, 0.2) is 0 Å². The van der Waals surface area contributed by atoms with E-state index >= 15 is 0 Å². The molecule has 7 heteroatoms. The van der Waals surface area contributed by atoms with Crippen LogP contribution in [0.1, 0.15) is 12.5 Å². The lowest BCUT2D eigenvalue weighted by Gasteiger charge is -2.33. The fourth-order valence-corrected chi connectivity index (χ4v) is 2.73. The molecule has 2 N–H and O–H groups in total. The van der Waals surface area contributed by atoms with Crippen molar-refractivity contribution >= 4 is 18.3 Å². The highest BCUT2D eigenvalue weighted by atomic mass is 35.5. The minimum Gasteiger partial charge on any atom is -0.351 e. The van der Waals surface area contributed by atoms with Gasteiger partial charge >= 0.3 is 0 Å². The zero-order chi connectivity index (χ0) is 16.1. The number of benzene rings is 1. The molecule has 2 heterocycles. The molecule has 1 aliphatic rings. The zero-order valence-corrected chi connectivity index (χ0v) is 14.6. The van der Waals surface area contributed by atoms with Crippen LogP contribution in [0.3, 0.4) is 0 Å². The van der Waals surface area contributed by atoms with Crippen molar-refractivity contribution in [2.24, 2.45) is 0 Å². The second kappa shape index (κ2) is 8.82. The highest BCUT2D eigenvalue weighted by molar-refractivity contribution is 5.85. The van der Waals surface area contributed by atoms with Gasteiger partial charge in [0.05, 0.1) is 18.4 Å². The molecule has 1 aromatic carbocycles. The maximum atomic E-state index is 12.1. The highest BCUT2D eigenvalue weighted by Gasteiger charge is 2.19. The van der Waals surface area contributed by atoms with Crippen LogP contribution in [-0.4, -0.2) is 52.8 Å². The molecule has 130 valence electrons. The molecule has 0 saturated carbocycles. The molecule has 24 heavy (non-hydrogen) atoms. The number of nitrogens with one attached hydrogen (secondary N) is 2. The van der Waals surface area contributed by atoms with Gasteiger partial charge in [-0.1, -0.05) is 18.2 Å². The highest BCUT2D eigenvalue weighted by Crippen LogP contribution is 2.07. The van der Waals surface area contributed by atoms with Gasteiger partial charge in [0.2, 0.25) is 5.91 Å². The molecule has 0 radical (unpaired) electrons. The van der Waals surface area contributed by atoms with Crippen LogP contribution in [0, 0.1) is 0 Å². The summed E-state index contributed by atoms with van der Waals surface area (Å²) >= 11 is 0. The fourth-order valence-electron chi connectivity index (χ4n) is 2.73. The first-order valence-corrected chi connectivity index (χ1v) is 8.03. The van der Waals surface area contributed by atoms with Gasteiger partial charge in [-0.25, -0.2) is 4.68 Å². The first-order valence-electron chi connectivity index (χ1n) is 8.03. The van der Waals surface area contributed by atoms with Crippen LogP contribution in [0.15, 0.2) is 42.7 Å². The van der Waals surface area contributed by atoms with Crippen molar-refractivity contribution in [1.29, 1.82) is 0 Å². The summed E-state index contributed by atoms with van der Waals surface area (Å²) in [5, 5.41) is 10.6. The third-order valence-electron chi connectivity index (χ3n) is 4.13. The Kier molecular flexibility index (Phi) is 6.78. The molecule has 3 rings (SSSR count). The van der Waals surface area contributed by atoms with Gasteiger partial charge in [-0.2, -0.15) is 5.10 Å². The first-order chi connectivity index (χ1) is 11.2. The number of hydrogen-bond acceptors (Lipinski definition) is 4. The van der Waals surface area contributed by atoms with E-state index in [-0.39, 0.29) is 18.3 Å². The Hall–Kier alpha value is -1.89. The summed E-state index contributed by atoms with van der Waals surface area (Å²) in [6, 6.07) is 10.3. The van der Waals surface area contributed by atoms with Crippen molar-refractivity contribution < 1.29 is 4.79 Å². The molecule has 1 aromatic heterocycles. The van der Waals surface area contributed by atoms with E-state index in [1.807, 2.05) is 41.2 Å². The largest absolute Gasteiger partial charge is 0.351 e. The van der Waals surface area contributed by atoms with Crippen molar-refractivity contribution in [1.82, 2.24) is 25.3 Å². The number of carbonyl (C=O) groups excluding carboxylic acids is 1. The monoisotopic (exact) mass is 349 g/mol. The van der Waals surface area contributed by atoms with Crippen LogP contribution in [0.5, 0.6) is 0 Å². The molecular weight excluding hydrogens is 326 g/mol. The van der Waals surface area contributed by atoms with Crippen LogP contribution in [0.25, 0.3) is 5.69 Å². The molecule has 1 amide bonds. The number of piperazine rings is 1. The van der Waals surface area contributed by atoms with Crippen LogP contribution in [0.2, 0.25) is 0 Å². The summed E-state index contributed by atoms with van der Waals surface area (Å²) in [6.45, 7) is 5.91. The molecule has 1 aliphatic heterocycles. The smallest absolute Gasteiger partial charge is 0.234 e. The van der Waals surface area contributed by atoms with E-state index in [1.165, 1.54) is 0 Å². The molecule has 1 saturated heterocycles. The maximum Gasteiger partial charge on any atom is 0.234 e. The molecular formula is C17H24ClN5O. The average Bonchev–Trinajstić information content (AvgIpc) is 3.05. The number of amides is 1. The van der Waals surface area contributed by atoms with Crippen molar-refractivity contribution in [3.8, 4) is 5.69 Å². The second-order valence-electron chi connectivity index (χ2n) is 5.93. The molecule has 1 fully saturated rings. The van der Waals surface area contributed by atoms with Crippen molar-refractivity contribution in [3.05, 3.63) is 48.3 Å². The van der Waals surface area contributed by atoms with Crippen LogP contribution in [-0.2, 0) is 11.3 Å². The van der Waals surface area contributed by atoms with E-state index in [4.69, 9.17) is 0 Å². The van der Waals surface area contributed by atoms with Crippen molar-refractivity contribution in [2.75, 3.05) is 26.2 Å². The van der Waals surface area contributed by atoms with E-state index in [9.17, 15) is 4.79 Å². The summed E-state index contributed by atoms with van der Waals surface area (Å²) in [6.07, 6.45) is 3.74. The molecule has 0 bridgehead atoms. The molecule has 2 aromatic rings. The predicted octanol–water partition coefficient (Wildman–Crippen LogP) is 1.20. The number of nitrogens with zero attached hydrogens (tertiary/aromatic N) is 3. The lowest BCUT2D eigenvalue weighted by atomic mass is 10.2. The van der Waals surface area contributed by atoms with Gasteiger partial charge in [0, 0.05) is 44.0 Å². The summed E-state index contributed by atoms with van der Waals surface area (Å²) < 4.78 is 1.82. The van der Waals surface area contributed by atoms with Crippen LogP contribution >= 0.6 is 12.4 Å². The van der Waals surface area contributed by atoms with Gasteiger partial charge in [0.25, 0.3) is 0 Å². The predicted molar refractivity (Wildman–Crippen MR) is 96.6 cm³/mol. The van der Waals surface area contributed by atoms with E-state index < -0.39 is 0 Å². The SMILES string of the molecule is C[C@@H]1CNCCN1CC(=O)NCc1cnn(-c2ccccc2)c1.Cl. The Labute approximate surface area is 148 Å². The summed E-state index contributed by atoms with van der Waals surface area (Å²) in [7, 11) is 0. The Morgan fingerprint density at radius 1 is 1.38 bits per heavy atom. The molecule has 0 unspecified atom stereocenters. The average molecular weight is 350 g/mol. The maximum absolute atomic E-state index is 12.1. The first kappa shape index (κ1) is 18.4. The van der Waals surface area contributed by atoms with Gasteiger partial charge in [0.1, 0.15) is 0 Å². The number of rotatable bonds is 5. The Balaban J connectivity index is 0.00000208. The number of aromatic nitrogens is 2. The molecule has 1 atom stereocenters. The van der Waals surface area contributed by atoms with Gasteiger partial charge in [-0.05, 0) is 19.1 Å². The van der Waals surface area contributed by atoms with E-state index in [1.54, 1.807) is 6.20 Å². The lowest BCUT2D eigenvalue weighted by Crippen LogP contribution is -2.52. The van der Waals surface area contributed by atoms with Gasteiger partial charge in [-0.3, -0.25) is 9.69 Å². The number of carbonyl (C=O) groups is 1. The minimum atomic E-state index is 0. The number of hydrogen-bond donors (Lipinski definition) is 2. The molecule has 6 nitrogen and oxygen atoms in total. The summed E-state index contributed by atoms with van der Waals surface area (Å²) in [5.41, 5.74) is 2.01. The minimum absolute atomic E-state index is 0. The topological polar surface area (TPSA) is 62.2 Å². The standard InChI is InChI=1S/C17H23N5O.ClH/c1-14-9-18-7-8-21(14)13-17(23)19-10-15-11-20-22(12-15)16-5-3-2-4-6-16;/h2-6,11-12,14,18H,7-10,13H2,1H3,(H,19,23);1H/t14-;/m1./s1. The van der Waals surface area contributed by atoms with E-state index in [2.05, 4.69) is 27.6 Å². The molecule has 0 spiro atoms. The number of halogens is 1. The van der Waals surface area contributed by atoms with E-state index in [0.717, 1.165) is 30.9 Å². The third kappa shape index (κ3) is 4.80. The Morgan fingerprint density at radius 3 is 2.92 bits per heavy atom. The van der Waals surface area contributed by atoms with Crippen molar-refractivity contribution in [3.63, 3.8) is 0 Å².